The van der Waals surface area contributed by atoms with Crippen LogP contribution < -0.4 is 11.1 Å². The first-order chi connectivity index (χ1) is 10.6. The maximum Gasteiger partial charge on any atom is 0.271 e. The lowest BCUT2D eigenvalue weighted by atomic mass is 10.2. The van der Waals surface area contributed by atoms with Crippen LogP contribution in [-0.2, 0) is 0 Å². The van der Waals surface area contributed by atoms with Gasteiger partial charge in [0, 0.05) is 18.8 Å². The second-order valence-corrected chi connectivity index (χ2v) is 5.43. The molecule has 3 rings (SSSR count). The number of rotatable bonds is 5. The zero-order valence-corrected chi connectivity index (χ0v) is 13.0. The van der Waals surface area contributed by atoms with Crippen molar-refractivity contribution in [1.82, 2.24) is 15.1 Å². The lowest BCUT2D eigenvalue weighted by molar-refractivity contribution is 0.0945. The number of carbonyl (C=O) groups excluding carboxylic acids is 1. The minimum atomic E-state index is -0.745. The molecule has 1 unspecified atom stereocenters. The van der Waals surface area contributed by atoms with Crippen LogP contribution in [0.15, 0.2) is 30.5 Å². The van der Waals surface area contributed by atoms with Crippen molar-refractivity contribution in [2.45, 2.75) is 18.9 Å². The van der Waals surface area contributed by atoms with Gasteiger partial charge in [-0.3, -0.25) is 4.79 Å². The number of para-hydroxylation sites is 1. The van der Waals surface area contributed by atoms with Crippen molar-refractivity contribution in [3.8, 4) is 5.69 Å². The molecule has 0 spiro atoms. The highest BCUT2D eigenvalue weighted by atomic mass is 35.5. The SMILES string of the molecule is Cl.NC(CNC(=O)c1ccn(-c2c(F)cccc2F)n1)C1CC1. The molecule has 124 valence electrons. The molecule has 1 atom stereocenters. The molecule has 1 aromatic carbocycles. The number of nitrogens with two attached hydrogens (primary N) is 1. The number of halogens is 3. The van der Waals surface area contributed by atoms with Crippen LogP contribution in [0.4, 0.5) is 8.78 Å². The third kappa shape index (κ3) is 3.86. The summed E-state index contributed by atoms with van der Waals surface area (Å²) in [6.45, 7) is 0.365. The number of amides is 1. The van der Waals surface area contributed by atoms with Gasteiger partial charge in [-0.2, -0.15) is 5.10 Å². The van der Waals surface area contributed by atoms with Crippen LogP contribution in [0, 0.1) is 17.6 Å². The van der Waals surface area contributed by atoms with Crippen LogP contribution in [-0.4, -0.2) is 28.3 Å². The zero-order chi connectivity index (χ0) is 15.7. The van der Waals surface area contributed by atoms with Crippen molar-refractivity contribution < 1.29 is 13.6 Å². The third-order valence-corrected chi connectivity index (χ3v) is 3.71. The molecule has 1 aromatic heterocycles. The fraction of sp³-hybridized carbons (Fsp3) is 0.333. The molecule has 1 heterocycles. The van der Waals surface area contributed by atoms with E-state index in [0.717, 1.165) is 29.7 Å². The van der Waals surface area contributed by atoms with Crippen molar-refractivity contribution in [2.24, 2.45) is 11.7 Å². The summed E-state index contributed by atoms with van der Waals surface area (Å²) in [5, 5.41) is 6.61. The Kier molecular flexibility index (Phi) is 5.33. The van der Waals surface area contributed by atoms with Gasteiger partial charge in [-0.05, 0) is 37.0 Å². The van der Waals surface area contributed by atoms with Gasteiger partial charge >= 0.3 is 0 Å². The fourth-order valence-corrected chi connectivity index (χ4v) is 2.27. The Hall–Kier alpha value is -1.99. The van der Waals surface area contributed by atoms with E-state index < -0.39 is 17.5 Å². The summed E-state index contributed by atoms with van der Waals surface area (Å²) < 4.78 is 28.4. The summed E-state index contributed by atoms with van der Waals surface area (Å²) >= 11 is 0. The van der Waals surface area contributed by atoms with E-state index in [9.17, 15) is 13.6 Å². The zero-order valence-electron chi connectivity index (χ0n) is 12.2. The highest BCUT2D eigenvalue weighted by molar-refractivity contribution is 5.92. The quantitative estimate of drug-likeness (QED) is 0.873. The Morgan fingerprint density at radius 1 is 1.35 bits per heavy atom. The average molecular weight is 343 g/mol. The minimum absolute atomic E-state index is 0. The maximum absolute atomic E-state index is 13.7. The van der Waals surface area contributed by atoms with Crippen LogP contribution in [0.3, 0.4) is 0 Å². The highest BCUT2D eigenvalue weighted by Gasteiger charge is 2.28. The summed E-state index contributed by atoms with van der Waals surface area (Å²) in [5.41, 5.74) is 5.68. The molecule has 1 saturated carbocycles. The van der Waals surface area contributed by atoms with Crippen molar-refractivity contribution in [3.63, 3.8) is 0 Å². The summed E-state index contributed by atoms with van der Waals surface area (Å²) in [6, 6.07) is 4.88. The molecule has 23 heavy (non-hydrogen) atoms. The standard InChI is InChI=1S/C15H16F2N4O.ClH/c16-10-2-1-3-11(17)14(10)21-7-6-13(20-21)15(22)19-8-12(18)9-4-5-9;/h1-3,6-7,9,12H,4-5,8,18H2,(H,19,22);1H. The van der Waals surface area contributed by atoms with Crippen molar-refractivity contribution in [3.05, 3.63) is 47.8 Å². The van der Waals surface area contributed by atoms with E-state index in [2.05, 4.69) is 10.4 Å². The molecule has 0 aliphatic heterocycles. The Bertz CT molecular complexity index is 682. The molecule has 1 fully saturated rings. The van der Waals surface area contributed by atoms with Crippen LogP contribution in [0.1, 0.15) is 23.3 Å². The second-order valence-electron chi connectivity index (χ2n) is 5.43. The smallest absolute Gasteiger partial charge is 0.271 e. The molecule has 2 aromatic rings. The van der Waals surface area contributed by atoms with Crippen LogP contribution in [0.2, 0.25) is 0 Å². The average Bonchev–Trinajstić information content (AvgIpc) is 3.23. The Morgan fingerprint density at radius 2 is 2.00 bits per heavy atom. The lowest BCUT2D eigenvalue weighted by Gasteiger charge is -2.10. The molecular formula is C15H17ClF2N4O. The van der Waals surface area contributed by atoms with Gasteiger partial charge in [0.25, 0.3) is 5.91 Å². The molecule has 1 amide bonds. The predicted octanol–water partition coefficient (Wildman–Crippen LogP) is 2.04. The van der Waals surface area contributed by atoms with Gasteiger partial charge in [-0.25, -0.2) is 13.5 Å². The molecule has 0 saturated heterocycles. The largest absolute Gasteiger partial charge is 0.349 e. The molecule has 0 bridgehead atoms. The van der Waals surface area contributed by atoms with Crippen molar-refractivity contribution in [1.29, 1.82) is 0 Å². The molecule has 3 N–H and O–H groups in total. The fourth-order valence-electron chi connectivity index (χ4n) is 2.27. The number of carbonyl (C=O) groups is 1. The van der Waals surface area contributed by atoms with E-state index in [1.54, 1.807) is 0 Å². The van der Waals surface area contributed by atoms with Crippen LogP contribution in [0.25, 0.3) is 5.69 Å². The van der Waals surface area contributed by atoms with Crippen molar-refractivity contribution in [2.75, 3.05) is 6.54 Å². The van der Waals surface area contributed by atoms with E-state index >= 15 is 0 Å². The number of nitrogens with zero attached hydrogens (tertiary/aromatic N) is 2. The normalized spacial score (nSPS) is 14.9. The van der Waals surface area contributed by atoms with Crippen molar-refractivity contribution >= 4 is 18.3 Å². The highest BCUT2D eigenvalue weighted by Crippen LogP contribution is 2.31. The van der Waals surface area contributed by atoms with E-state index in [1.165, 1.54) is 18.3 Å². The number of hydrogen-bond donors (Lipinski definition) is 2. The Balaban J connectivity index is 0.00000192. The minimum Gasteiger partial charge on any atom is -0.349 e. The van der Waals surface area contributed by atoms with Gasteiger partial charge in [-0.15, -0.1) is 12.4 Å². The topological polar surface area (TPSA) is 72.9 Å². The number of nitrogens with one attached hydrogen (secondary N) is 1. The van der Waals surface area contributed by atoms with Crippen LogP contribution in [0.5, 0.6) is 0 Å². The van der Waals surface area contributed by atoms with Gasteiger partial charge < -0.3 is 11.1 Å². The molecular weight excluding hydrogens is 326 g/mol. The summed E-state index contributed by atoms with van der Waals surface area (Å²) in [4.78, 5) is 12.0. The summed E-state index contributed by atoms with van der Waals surface area (Å²) in [6.07, 6.45) is 3.54. The first kappa shape index (κ1) is 17.4. The number of hydrogen-bond acceptors (Lipinski definition) is 3. The Labute approximate surface area is 138 Å². The predicted molar refractivity (Wildman–Crippen MR) is 83.8 cm³/mol. The molecule has 1 aliphatic rings. The van der Waals surface area contributed by atoms with Gasteiger partial charge in [0.15, 0.2) is 17.3 Å². The second kappa shape index (κ2) is 7.06. The van der Waals surface area contributed by atoms with Crippen LogP contribution >= 0.6 is 12.4 Å². The molecule has 1 aliphatic carbocycles. The monoisotopic (exact) mass is 342 g/mol. The molecule has 8 heteroatoms. The number of benzene rings is 1. The first-order valence-corrected chi connectivity index (χ1v) is 7.10. The lowest BCUT2D eigenvalue weighted by Crippen LogP contribution is -2.38. The van der Waals surface area contributed by atoms with E-state index in [4.69, 9.17) is 5.73 Å². The Morgan fingerprint density at radius 3 is 2.61 bits per heavy atom. The van der Waals surface area contributed by atoms with E-state index in [0.29, 0.717) is 12.5 Å². The first-order valence-electron chi connectivity index (χ1n) is 7.10. The van der Waals surface area contributed by atoms with Gasteiger partial charge in [0.2, 0.25) is 0 Å². The summed E-state index contributed by atoms with van der Waals surface area (Å²) in [5.74, 6) is -1.42. The molecule has 0 radical (unpaired) electrons. The van der Waals surface area contributed by atoms with Gasteiger partial charge in [-0.1, -0.05) is 6.07 Å². The van der Waals surface area contributed by atoms with Gasteiger partial charge in [0.1, 0.15) is 5.69 Å². The van der Waals surface area contributed by atoms with E-state index in [-0.39, 0.29) is 29.8 Å². The molecule has 5 nitrogen and oxygen atoms in total. The third-order valence-electron chi connectivity index (χ3n) is 3.71. The summed E-state index contributed by atoms with van der Waals surface area (Å²) in [7, 11) is 0. The van der Waals surface area contributed by atoms with Gasteiger partial charge in [0.05, 0.1) is 0 Å². The number of aromatic nitrogens is 2. The van der Waals surface area contributed by atoms with E-state index in [1.807, 2.05) is 0 Å². The maximum atomic E-state index is 13.7.